The van der Waals surface area contributed by atoms with Gasteiger partial charge in [-0.05, 0) is 19.4 Å². The predicted octanol–water partition coefficient (Wildman–Crippen LogP) is 2.57. The molecule has 1 aromatic carbocycles. The van der Waals surface area contributed by atoms with E-state index in [0.29, 0.717) is 5.56 Å². The molecule has 0 amide bonds. The summed E-state index contributed by atoms with van der Waals surface area (Å²) >= 11 is 0. The summed E-state index contributed by atoms with van der Waals surface area (Å²) in [6.07, 6.45) is -1.67. The Morgan fingerprint density at radius 3 is 2.71 bits per heavy atom. The Hall–Kier alpha value is -1.38. The molecule has 0 spiro atoms. The van der Waals surface area contributed by atoms with Crippen LogP contribution in [0, 0.1) is 6.92 Å². The fourth-order valence-corrected chi connectivity index (χ4v) is 1.21. The van der Waals surface area contributed by atoms with Gasteiger partial charge in [0.25, 0.3) is 0 Å². The molecule has 3 heteroatoms. The molecule has 0 aliphatic carbocycles. The molecule has 0 saturated heterocycles. The van der Waals surface area contributed by atoms with Gasteiger partial charge in [-0.15, -0.1) is 0 Å². The molecule has 0 aliphatic rings. The quantitative estimate of drug-likeness (QED) is 0.694. The predicted molar refractivity (Wildman–Crippen MR) is 51.7 cm³/mol. The van der Waals surface area contributed by atoms with Crippen LogP contribution >= 0.6 is 0 Å². The summed E-state index contributed by atoms with van der Waals surface area (Å²) in [4.78, 5) is 11.1. The van der Waals surface area contributed by atoms with Gasteiger partial charge in [0, 0.05) is 5.56 Å². The van der Waals surface area contributed by atoms with Crippen molar-refractivity contribution in [3.8, 4) is 0 Å². The SMILES string of the molecule is CCOC(=O)[C@@H](F)c1ccccc1C. The van der Waals surface area contributed by atoms with E-state index in [4.69, 9.17) is 0 Å². The third-order valence-electron chi connectivity index (χ3n) is 1.96. The van der Waals surface area contributed by atoms with Crippen LogP contribution in [0.2, 0.25) is 0 Å². The van der Waals surface area contributed by atoms with Crippen LogP contribution in [0.5, 0.6) is 0 Å². The molecule has 0 aromatic heterocycles. The first-order chi connectivity index (χ1) is 6.66. The standard InChI is InChI=1S/C11H13FO2/c1-3-14-11(13)10(12)9-7-5-4-6-8(9)2/h4-7,10H,3H2,1-2H3/t10-/m0/s1. The number of esters is 1. The van der Waals surface area contributed by atoms with Crippen molar-refractivity contribution in [2.24, 2.45) is 0 Å². The molecule has 0 heterocycles. The summed E-state index contributed by atoms with van der Waals surface area (Å²) in [7, 11) is 0. The zero-order valence-corrected chi connectivity index (χ0v) is 8.29. The summed E-state index contributed by atoms with van der Waals surface area (Å²) in [6.45, 7) is 3.62. The number of alkyl halides is 1. The minimum absolute atomic E-state index is 0.200. The summed E-state index contributed by atoms with van der Waals surface area (Å²) in [5, 5.41) is 0. The van der Waals surface area contributed by atoms with Crippen molar-refractivity contribution in [3.05, 3.63) is 35.4 Å². The number of rotatable bonds is 3. The summed E-state index contributed by atoms with van der Waals surface area (Å²) < 4.78 is 18.1. The zero-order chi connectivity index (χ0) is 10.6. The van der Waals surface area contributed by atoms with Crippen molar-refractivity contribution >= 4 is 5.97 Å². The Morgan fingerprint density at radius 1 is 1.50 bits per heavy atom. The van der Waals surface area contributed by atoms with Gasteiger partial charge in [-0.1, -0.05) is 24.3 Å². The third kappa shape index (κ3) is 2.31. The third-order valence-corrected chi connectivity index (χ3v) is 1.96. The Morgan fingerprint density at radius 2 is 2.14 bits per heavy atom. The number of aryl methyl sites for hydroxylation is 1. The number of benzene rings is 1. The maximum atomic E-state index is 13.5. The Bertz CT molecular complexity index is 323. The molecule has 76 valence electrons. The topological polar surface area (TPSA) is 26.3 Å². The maximum Gasteiger partial charge on any atom is 0.345 e. The first-order valence-electron chi connectivity index (χ1n) is 4.53. The first-order valence-corrected chi connectivity index (χ1v) is 4.53. The van der Waals surface area contributed by atoms with Crippen molar-refractivity contribution in [1.29, 1.82) is 0 Å². The van der Waals surface area contributed by atoms with Gasteiger partial charge in [0.2, 0.25) is 6.17 Å². The van der Waals surface area contributed by atoms with Gasteiger partial charge >= 0.3 is 5.97 Å². The number of halogens is 1. The van der Waals surface area contributed by atoms with E-state index in [1.54, 1.807) is 38.1 Å². The number of ether oxygens (including phenoxy) is 1. The summed E-state index contributed by atoms with van der Waals surface area (Å²) in [5.41, 5.74) is 1.14. The molecular weight excluding hydrogens is 183 g/mol. The highest BCUT2D eigenvalue weighted by atomic mass is 19.1. The van der Waals surface area contributed by atoms with E-state index < -0.39 is 12.1 Å². The van der Waals surface area contributed by atoms with Gasteiger partial charge in [0.05, 0.1) is 6.61 Å². The largest absolute Gasteiger partial charge is 0.464 e. The average Bonchev–Trinajstić information content (AvgIpc) is 2.18. The molecule has 2 nitrogen and oxygen atoms in total. The Labute approximate surface area is 82.7 Å². The highest BCUT2D eigenvalue weighted by Crippen LogP contribution is 2.22. The van der Waals surface area contributed by atoms with Crippen molar-refractivity contribution < 1.29 is 13.9 Å². The molecule has 14 heavy (non-hydrogen) atoms. The molecule has 0 fully saturated rings. The minimum Gasteiger partial charge on any atom is -0.464 e. The minimum atomic E-state index is -1.67. The lowest BCUT2D eigenvalue weighted by Gasteiger charge is -2.09. The van der Waals surface area contributed by atoms with E-state index in [1.165, 1.54) is 0 Å². The highest BCUT2D eigenvalue weighted by molar-refractivity contribution is 5.76. The molecule has 0 bridgehead atoms. The fourth-order valence-electron chi connectivity index (χ4n) is 1.21. The lowest BCUT2D eigenvalue weighted by atomic mass is 10.0. The van der Waals surface area contributed by atoms with Gasteiger partial charge in [-0.25, -0.2) is 9.18 Å². The molecule has 0 aliphatic heterocycles. The average molecular weight is 196 g/mol. The second-order valence-electron chi connectivity index (χ2n) is 2.97. The van der Waals surface area contributed by atoms with E-state index >= 15 is 0 Å². The molecule has 0 N–H and O–H groups in total. The van der Waals surface area contributed by atoms with E-state index in [-0.39, 0.29) is 6.61 Å². The molecule has 1 rings (SSSR count). The van der Waals surface area contributed by atoms with Crippen LogP contribution in [0.25, 0.3) is 0 Å². The van der Waals surface area contributed by atoms with Crippen LogP contribution in [0.1, 0.15) is 24.2 Å². The molecule has 0 radical (unpaired) electrons. The Kier molecular flexibility index (Phi) is 3.63. The maximum absolute atomic E-state index is 13.5. The lowest BCUT2D eigenvalue weighted by Crippen LogP contribution is -2.12. The van der Waals surface area contributed by atoms with Crippen LogP contribution in [-0.2, 0) is 9.53 Å². The zero-order valence-electron chi connectivity index (χ0n) is 8.29. The Balaban J connectivity index is 2.84. The smallest absolute Gasteiger partial charge is 0.345 e. The van der Waals surface area contributed by atoms with Crippen LogP contribution in [0.4, 0.5) is 4.39 Å². The van der Waals surface area contributed by atoms with Crippen molar-refractivity contribution in [1.82, 2.24) is 0 Å². The van der Waals surface area contributed by atoms with Gasteiger partial charge in [0.1, 0.15) is 0 Å². The molecule has 0 unspecified atom stereocenters. The van der Waals surface area contributed by atoms with Crippen molar-refractivity contribution in [3.63, 3.8) is 0 Å². The number of carbonyl (C=O) groups is 1. The number of hydrogen-bond donors (Lipinski definition) is 0. The highest BCUT2D eigenvalue weighted by Gasteiger charge is 2.21. The van der Waals surface area contributed by atoms with Crippen molar-refractivity contribution in [2.45, 2.75) is 20.0 Å². The summed E-state index contributed by atoms with van der Waals surface area (Å²) in [5.74, 6) is -0.818. The second kappa shape index (κ2) is 4.74. The van der Waals surface area contributed by atoms with Gasteiger partial charge in [-0.2, -0.15) is 0 Å². The summed E-state index contributed by atoms with van der Waals surface area (Å²) in [6, 6.07) is 6.86. The number of hydrogen-bond acceptors (Lipinski definition) is 2. The van der Waals surface area contributed by atoms with Gasteiger partial charge in [0.15, 0.2) is 0 Å². The van der Waals surface area contributed by atoms with E-state index in [0.717, 1.165) is 5.56 Å². The van der Waals surface area contributed by atoms with E-state index in [2.05, 4.69) is 4.74 Å². The van der Waals surface area contributed by atoms with Crippen LogP contribution in [-0.4, -0.2) is 12.6 Å². The molecular formula is C11H13FO2. The van der Waals surface area contributed by atoms with Gasteiger partial charge in [-0.3, -0.25) is 0 Å². The van der Waals surface area contributed by atoms with Crippen molar-refractivity contribution in [2.75, 3.05) is 6.61 Å². The molecule has 0 saturated carbocycles. The first kappa shape index (κ1) is 10.7. The monoisotopic (exact) mass is 196 g/mol. The van der Waals surface area contributed by atoms with Crippen LogP contribution < -0.4 is 0 Å². The van der Waals surface area contributed by atoms with Gasteiger partial charge < -0.3 is 4.74 Å². The van der Waals surface area contributed by atoms with Crippen LogP contribution in [0.3, 0.4) is 0 Å². The number of carbonyl (C=O) groups excluding carboxylic acids is 1. The molecule has 1 aromatic rings. The lowest BCUT2D eigenvalue weighted by molar-refractivity contribution is -0.149. The van der Waals surface area contributed by atoms with Crippen LogP contribution in [0.15, 0.2) is 24.3 Å². The van der Waals surface area contributed by atoms with E-state index in [1.807, 2.05) is 0 Å². The normalized spacial score (nSPS) is 12.2. The second-order valence-corrected chi connectivity index (χ2v) is 2.97. The fraction of sp³-hybridized carbons (Fsp3) is 0.364. The molecule has 1 atom stereocenters. The van der Waals surface area contributed by atoms with E-state index in [9.17, 15) is 9.18 Å².